The second-order valence-corrected chi connectivity index (χ2v) is 6.42. The molecule has 0 atom stereocenters. The van der Waals surface area contributed by atoms with Crippen molar-refractivity contribution in [2.75, 3.05) is 11.4 Å². The van der Waals surface area contributed by atoms with Gasteiger partial charge in [0.2, 0.25) is 0 Å². The minimum Gasteiger partial charge on any atom is -0.369 e. The molecule has 1 aliphatic carbocycles. The molecule has 0 unspecified atom stereocenters. The Hall–Kier alpha value is -1.22. The van der Waals surface area contributed by atoms with Crippen molar-refractivity contribution in [2.24, 2.45) is 10.7 Å². The third-order valence-electron chi connectivity index (χ3n) is 4.59. The van der Waals surface area contributed by atoms with Crippen molar-refractivity contribution in [1.29, 1.82) is 0 Å². The summed E-state index contributed by atoms with van der Waals surface area (Å²) in [7, 11) is 0. The Balaban J connectivity index is 1.94. The van der Waals surface area contributed by atoms with Gasteiger partial charge in [-0.15, -0.1) is 0 Å². The van der Waals surface area contributed by atoms with Gasteiger partial charge in [-0.25, -0.2) is 0 Å². The number of hydrogen-bond acceptors (Lipinski definition) is 3. The highest BCUT2D eigenvalue weighted by atomic mass is 35.5. The van der Waals surface area contributed by atoms with Crippen molar-refractivity contribution in [2.45, 2.75) is 50.5 Å². The summed E-state index contributed by atoms with van der Waals surface area (Å²) in [5.74, 6) is 0.646. The smallest absolute Gasteiger partial charge is 0.196 e. The van der Waals surface area contributed by atoms with Gasteiger partial charge in [0, 0.05) is 10.7 Å². The van der Waals surface area contributed by atoms with Gasteiger partial charge >= 0.3 is 0 Å². The lowest BCUT2D eigenvalue weighted by atomic mass is 9.83. The van der Waals surface area contributed by atoms with E-state index in [-0.39, 0.29) is 5.54 Å². The Labute approximate surface area is 125 Å². The monoisotopic (exact) mass is 291 g/mol. The number of guanidine groups is 1. The summed E-state index contributed by atoms with van der Waals surface area (Å²) in [4.78, 5) is 6.79. The first-order valence-electron chi connectivity index (χ1n) is 7.57. The van der Waals surface area contributed by atoms with Crippen LogP contribution in [-0.2, 0) is 0 Å². The van der Waals surface area contributed by atoms with Crippen LogP contribution < -0.4 is 10.6 Å². The molecule has 0 amide bonds. The molecule has 1 aromatic carbocycles. The standard InChI is InChI=1S/C16H22ClN3/c17-13-7-6-8-14(11-13)20-15(18)19-12-16(20)9-4-2-1-3-5-10-16/h6-8,11H,1-5,9-10,12H2,(H2,18,19). The second kappa shape index (κ2) is 5.65. The van der Waals surface area contributed by atoms with Crippen molar-refractivity contribution in [3.05, 3.63) is 29.3 Å². The minimum absolute atomic E-state index is 0.0786. The van der Waals surface area contributed by atoms with E-state index in [1.807, 2.05) is 18.2 Å². The maximum absolute atomic E-state index is 6.19. The highest BCUT2D eigenvalue weighted by Gasteiger charge is 2.42. The number of aliphatic imine (C=N–C) groups is 1. The summed E-state index contributed by atoms with van der Waals surface area (Å²) in [6.07, 6.45) is 8.88. The summed E-state index contributed by atoms with van der Waals surface area (Å²) in [6.45, 7) is 0.825. The lowest BCUT2D eigenvalue weighted by Gasteiger charge is -2.40. The van der Waals surface area contributed by atoms with Gasteiger partial charge in [0.05, 0.1) is 12.1 Å². The first-order chi connectivity index (χ1) is 9.71. The van der Waals surface area contributed by atoms with Crippen LogP contribution in [0.15, 0.2) is 29.3 Å². The average molecular weight is 292 g/mol. The van der Waals surface area contributed by atoms with Crippen LogP contribution in [0.3, 0.4) is 0 Å². The fourth-order valence-corrected chi connectivity index (χ4v) is 3.76. The summed E-state index contributed by atoms with van der Waals surface area (Å²) < 4.78 is 0. The molecule has 4 heteroatoms. The molecule has 1 heterocycles. The molecule has 3 rings (SSSR count). The molecule has 0 bridgehead atoms. The fraction of sp³-hybridized carbons (Fsp3) is 0.562. The van der Waals surface area contributed by atoms with Crippen LogP contribution in [0.5, 0.6) is 0 Å². The van der Waals surface area contributed by atoms with Crippen molar-refractivity contribution in [3.63, 3.8) is 0 Å². The number of hydrogen-bond donors (Lipinski definition) is 1. The number of nitrogens with zero attached hydrogens (tertiary/aromatic N) is 2. The van der Waals surface area contributed by atoms with E-state index in [2.05, 4.69) is 16.0 Å². The number of halogens is 1. The predicted octanol–water partition coefficient (Wildman–Crippen LogP) is 3.96. The zero-order valence-electron chi connectivity index (χ0n) is 11.8. The third kappa shape index (κ3) is 2.51. The summed E-state index contributed by atoms with van der Waals surface area (Å²) in [5.41, 5.74) is 7.35. The number of benzene rings is 1. The zero-order valence-corrected chi connectivity index (χ0v) is 12.6. The van der Waals surface area contributed by atoms with Gasteiger partial charge in [-0.3, -0.25) is 4.99 Å². The molecule has 3 nitrogen and oxygen atoms in total. The van der Waals surface area contributed by atoms with E-state index in [1.165, 1.54) is 44.9 Å². The molecule has 1 aliphatic heterocycles. The molecule has 1 fully saturated rings. The summed E-state index contributed by atoms with van der Waals surface area (Å²) >= 11 is 6.15. The van der Waals surface area contributed by atoms with E-state index in [0.29, 0.717) is 5.96 Å². The fourth-order valence-electron chi connectivity index (χ4n) is 3.58. The maximum Gasteiger partial charge on any atom is 0.196 e. The van der Waals surface area contributed by atoms with Gasteiger partial charge in [-0.1, -0.05) is 49.8 Å². The van der Waals surface area contributed by atoms with Gasteiger partial charge in [0.1, 0.15) is 0 Å². The minimum atomic E-state index is 0.0786. The van der Waals surface area contributed by atoms with Crippen LogP contribution in [0.25, 0.3) is 0 Å². The van der Waals surface area contributed by atoms with E-state index in [0.717, 1.165) is 17.3 Å². The van der Waals surface area contributed by atoms with Crippen molar-refractivity contribution in [1.82, 2.24) is 0 Å². The Morgan fingerprint density at radius 1 is 1.10 bits per heavy atom. The van der Waals surface area contributed by atoms with Crippen LogP contribution in [0.2, 0.25) is 5.02 Å². The number of nitrogens with two attached hydrogens (primary N) is 1. The van der Waals surface area contributed by atoms with Crippen molar-refractivity contribution >= 4 is 23.2 Å². The molecule has 2 aliphatic rings. The largest absolute Gasteiger partial charge is 0.369 e. The molecule has 2 N–H and O–H groups in total. The van der Waals surface area contributed by atoms with Gasteiger partial charge in [-0.2, -0.15) is 0 Å². The SMILES string of the molecule is NC1=NCC2(CCCCCCC2)N1c1cccc(Cl)c1. The first kappa shape index (κ1) is 13.7. The first-order valence-corrected chi connectivity index (χ1v) is 7.95. The average Bonchev–Trinajstić information content (AvgIpc) is 2.72. The van der Waals surface area contributed by atoms with E-state index >= 15 is 0 Å². The Bertz CT molecular complexity index is 504. The normalized spacial score (nSPS) is 22.4. The quantitative estimate of drug-likeness (QED) is 0.851. The maximum atomic E-state index is 6.19. The van der Waals surface area contributed by atoms with Crippen LogP contribution in [0.4, 0.5) is 5.69 Å². The third-order valence-corrected chi connectivity index (χ3v) is 4.82. The molecular formula is C16H22ClN3. The van der Waals surface area contributed by atoms with Crippen molar-refractivity contribution in [3.8, 4) is 0 Å². The Morgan fingerprint density at radius 2 is 1.80 bits per heavy atom. The van der Waals surface area contributed by atoms with Crippen LogP contribution in [0, 0.1) is 0 Å². The highest BCUT2D eigenvalue weighted by molar-refractivity contribution is 6.31. The van der Waals surface area contributed by atoms with Crippen LogP contribution >= 0.6 is 11.6 Å². The number of anilines is 1. The molecule has 108 valence electrons. The van der Waals surface area contributed by atoms with Gasteiger partial charge < -0.3 is 10.6 Å². The molecule has 1 saturated carbocycles. The van der Waals surface area contributed by atoms with E-state index in [4.69, 9.17) is 17.3 Å². The highest BCUT2D eigenvalue weighted by Crippen LogP contribution is 2.38. The molecule has 20 heavy (non-hydrogen) atoms. The van der Waals surface area contributed by atoms with E-state index in [1.54, 1.807) is 0 Å². The van der Waals surface area contributed by atoms with Crippen LogP contribution in [0.1, 0.15) is 44.9 Å². The van der Waals surface area contributed by atoms with E-state index < -0.39 is 0 Å². The molecule has 0 radical (unpaired) electrons. The van der Waals surface area contributed by atoms with Crippen LogP contribution in [-0.4, -0.2) is 18.0 Å². The van der Waals surface area contributed by atoms with Gasteiger partial charge in [0.25, 0.3) is 0 Å². The van der Waals surface area contributed by atoms with Gasteiger partial charge in [0.15, 0.2) is 5.96 Å². The Morgan fingerprint density at radius 3 is 2.50 bits per heavy atom. The Kier molecular flexibility index (Phi) is 3.88. The number of rotatable bonds is 1. The van der Waals surface area contributed by atoms with Gasteiger partial charge in [-0.05, 0) is 31.0 Å². The lowest BCUT2D eigenvalue weighted by Crippen LogP contribution is -2.52. The predicted molar refractivity (Wildman–Crippen MR) is 85.5 cm³/mol. The molecule has 0 saturated heterocycles. The molecule has 1 spiro atoms. The second-order valence-electron chi connectivity index (χ2n) is 5.98. The van der Waals surface area contributed by atoms with E-state index in [9.17, 15) is 0 Å². The summed E-state index contributed by atoms with van der Waals surface area (Å²) in [6, 6.07) is 7.97. The molecule has 1 aromatic rings. The lowest BCUT2D eigenvalue weighted by molar-refractivity contribution is 0.337. The topological polar surface area (TPSA) is 41.6 Å². The molecule has 0 aromatic heterocycles. The zero-order chi connectivity index (χ0) is 14.0. The molecular weight excluding hydrogens is 270 g/mol. The summed E-state index contributed by atoms with van der Waals surface area (Å²) in [5, 5.41) is 0.753. The van der Waals surface area contributed by atoms with Crippen molar-refractivity contribution < 1.29 is 0 Å².